The molecule has 2 fully saturated rings. The number of hydrogen-bond acceptors (Lipinski definition) is 2. The van der Waals surface area contributed by atoms with Crippen LogP contribution < -0.4 is 0 Å². The fourth-order valence-electron chi connectivity index (χ4n) is 3.79. The Labute approximate surface area is 137 Å². The molecule has 126 valence electrons. The van der Waals surface area contributed by atoms with E-state index in [0.29, 0.717) is 18.1 Å². The summed E-state index contributed by atoms with van der Waals surface area (Å²) in [5, 5.41) is 9.26. The number of fused-ring (bicyclic) bond motifs is 1. The van der Waals surface area contributed by atoms with Crippen molar-refractivity contribution in [1.29, 1.82) is 5.26 Å². The van der Waals surface area contributed by atoms with E-state index in [2.05, 4.69) is 13.0 Å². The van der Waals surface area contributed by atoms with Gasteiger partial charge in [-0.1, -0.05) is 71.1 Å². The molecule has 1 aliphatic heterocycles. The van der Waals surface area contributed by atoms with Crippen molar-refractivity contribution >= 4 is 0 Å². The summed E-state index contributed by atoms with van der Waals surface area (Å²) in [5.41, 5.74) is 0. The highest BCUT2D eigenvalue weighted by Crippen LogP contribution is 2.50. The van der Waals surface area contributed by atoms with Crippen LogP contribution in [0.2, 0.25) is 0 Å². The van der Waals surface area contributed by atoms with E-state index in [-0.39, 0.29) is 0 Å². The van der Waals surface area contributed by atoms with Gasteiger partial charge in [0, 0.05) is 11.8 Å². The molecule has 0 aromatic carbocycles. The summed E-state index contributed by atoms with van der Waals surface area (Å²) in [6.45, 7) is 2.26. The lowest BCUT2D eigenvalue weighted by Crippen LogP contribution is -2.28. The molecule has 0 amide bonds. The van der Waals surface area contributed by atoms with E-state index in [4.69, 9.17) is 4.74 Å². The first-order valence-corrected chi connectivity index (χ1v) is 9.90. The molecule has 1 heterocycles. The van der Waals surface area contributed by atoms with Gasteiger partial charge >= 0.3 is 0 Å². The number of rotatable bonds is 14. The van der Waals surface area contributed by atoms with Crippen LogP contribution in [0.4, 0.5) is 0 Å². The van der Waals surface area contributed by atoms with Gasteiger partial charge in [0.05, 0.1) is 18.3 Å². The van der Waals surface area contributed by atoms with Gasteiger partial charge in [0.25, 0.3) is 0 Å². The second kappa shape index (κ2) is 10.3. The first-order chi connectivity index (χ1) is 10.8. The van der Waals surface area contributed by atoms with E-state index in [1.807, 2.05) is 0 Å². The zero-order chi connectivity index (χ0) is 15.6. The second-order valence-corrected chi connectivity index (χ2v) is 7.49. The third-order valence-corrected chi connectivity index (χ3v) is 5.49. The molecule has 2 heteroatoms. The molecule has 0 aromatic rings. The molecule has 0 N–H and O–H groups in total. The zero-order valence-corrected chi connectivity index (χ0v) is 14.6. The molecule has 2 aliphatic rings. The van der Waals surface area contributed by atoms with Crippen LogP contribution in [-0.4, -0.2) is 12.2 Å². The molecule has 2 nitrogen and oxygen atoms in total. The monoisotopic (exact) mass is 305 g/mol. The number of nitriles is 1. The van der Waals surface area contributed by atoms with E-state index < -0.39 is 0 Å². The SMILES string of the molecule is CCCCCCCCCC(C#N)CCCCCC1OC2CC12. The van der Waals surface area contributed by atoms with Crippen molar-refractivity contribution in [2.45, 2.75) is 109 Å². The molecule has 4 atom stereocenters. The van der Waals surface area contributed by atoms with Gasteiger partial charge in [-0.2, -0.15) is 5.26 Å². The summed E-state index contributed by atoms with van der Waals surface area (Å²) in [5.74, 6) is 1.24. The van der Waals surface area contributed by atoms with Crippen molar-refractivity contribution in [2.75, 3.05) is 0 Å². The Morgan fingerprint density at radius 3 is 2.14 bits per heavy atom. The summed E-state index contributed by atoms with van der Waals surface area (Å²) in [6, 6.07) is 2.52. The third-order valence-electron chi connectivity index (χ3n) is 5.49. The minimum Gasteiger partial charge on any atom is -0.374 e. The fourth-order valence-corrected chi connectivity index (χ4v) is 3.79. The maximum Gasteiger partial charge on any atom is 0.0655 e. The predicted molar refractivity (Wildman–Crippen MR) is 91.6 cm³/mol. The molecule has 0 radical (unpaired) electrons. The van der Waals surface area contributed by atoms with Crippen molar-refractivity contribution in [3.8, 4) is 6.07 Å². The smallest absolute Gasteiger partial charge is 0.0655 e. The minimum atomic E-state index is 0.309. The van der Waals surface area contributed by atoms with Crippen LogP contribution in [0.25, 0.3) is 0 Å². The normalized spacial score (nSPS) is 26.8. The molecule has 1 saturated heterocycles. The van der Waals surface area contributed by atoms with Crippen LogP contribution in [-0.2, 0) is 4.74 Å². The number of unbranched alkanes of at least 4 members (excludes halogenated alkanes) is 8. The van der Waals surface area contributed by atoms with Gasteiger partial charge in [-0.05, 0) is 25.7 Å². The largest absolute Gasteiger partial charge is 0.374 e. The Balaban J connectivity index is 1.35. The van der Waals surface area contributed by atoms with Crippen LogP contribution in [0.5, 0.6) is 0 Å². The standard InChI is InChI=1S/C20H35NO/c1-2-3-4-5-6-7-9-12-17(16-21)13-10-8-11-14-19-18-15-20(18)22-19/h17-20H,2-15H2,1H3. The van der Waals surface area contributed by atoms with E-state index in [0.717, 1.165) is 18.8 Å². The summed E-state index contributed by atoms with van der Waals surface area (Å²) in [6.07, 6.45) is 19.3. The molecule has 0 bridgehead atoms. The molecule has 1 aliphatic carbocycles. The van der Waals surface area contributed by atoms with Crippen LogP contribution in [0.3, 0.4) is 0 Å². The number of ether oxygens (including phenoxy) is 1. The summed E-state index contributed by atoms with van der Waals surface area (Å²) < 4.78 is 5.71. The van der Waals surface area contributed by atoms with E-state index in [9.17, 15) is 5.26 Å². The van der Waals surface area contributed by atoms with Gasteiger partial charge < -0.3 is 4.74 Å². The molecular formula is C20H35NO. The highest BCUT2D eigenvalue weighted by molar-refractivity contribution is 5.02. The lowest BCUT2D eigenvalue weighted by atomic mass is 9.95. The topological polar surface area (TPSA) is 33.0 Å². The highest BCUT2D eigenvalue weighted by atomic mass is 16.5. The van der Waals surface area contributed by atoms with Crippen LogP contribution in [0, 0.1) is 23.2 Å². The van der Waals surface area contributed by atoms with Gasteiger partial charge in [0.15, 0.2) is 0 Å². The molecule has 22 heavy (non-hydrogen) atoms. The highest BCUT2D eigenvalue weighted by Gasteiger charge is 2.54. The minimum absolute atomic E-state index is 0.309. The van der Waals surface area contributed by atoms with Gasteiger partial charge in [-0.25, -0.2) is 0 Å². The number of hydrogen-bond donors (Lipinski definition) is 0. The van der Waals surface area contributed by atoms with Crippen molar-refractivity contribution in [2.24, 2.45) is 11.8 Å². The molecule has 1 saturated carbocycles. The summed E-state index contributed by atoms with van der Waals surface area (Å²) in [7, 11) is 0. The molecule has 0 spiro atoms. The molecule has 0 aromatic heterocycles. The van der Waals surface area contributed by atoms with Crippen molar-refractivity contribution in [1.82, 2.24) is 0 Å². The maximum atomic E-state index is 9.26. The summed E-state index contributed by atoms with van der Waals surface area (Å²) >= 11 is 0. The lowest BCUT2D eigenvalue weighted by molar-refractivity contribution is -0.0667. The first kappa shape index (κ1) is 17.8. The average molecular weight is 306 g/mol. The van der Waals surface area contributed by atoms with E-state index >= 15 is 0 Å². The van der Waals surface area contributed by atoms with Crippen LogP contribution in [0.1, 0.15) is 96.8 Å². The quantitative estimate of drug-likeness (QED) is 0.368. The van der Waals surface area contributed by atoms with Crippen molar-refractivity contribution in [3.05, 3.63) is 0 Å². The van der Waals surface area contributed by atoms with Crippen LogP contribution >= 0.6 is 0 Å². The van der Waals surface area contributed by atoms with Gasteiger partial charge in [-0.3, -0.25) is 0 Å². The Morgan fingerprint density at radius 2 is 1.59 bits per heavy atom. The van der Waals surface area contributed by atoms with Crippen molar-refractivity contribution < 1.29 is 4.74 Å². The lowest BCUT2D eigenvalue weighted by Gasteiger charge is -2.25. The second-order valence-electron chi connectivity index (χ2n) is 7.49. The Bertz CT molecular complexity index is 335. The van der Waals surface area contributed by atoms with Crippen LogP contribution in [0.15, 0.2) is 0 Å². The first-order valence-electron chi connectivity index (χ1n) is 9.90. The van der Waals surface area contributed by atoms with E-state index in [1.165, 1.54) is 77.0 Å². The average Bonchev–Trinajstić information content (AvgIpc) is 3.18. The predicted octanol–water partition coefficient (Wildman–Crippen LogP) is 6.00. The van der Waals surface area contributed by atoms with Crippen molar-refractivity contribution in [3.63, 3.8) is 0 Å². The Morgan fingerprint density at radius 1 is 0.955 bits per heavy atom. The molecule has 2 rings (SSSR count). The zero-order valence-electron chi connectivity index (χ0n) is 14.6. The van der Waals surface area contributed by atoms with E-state index in [1.54, 1.807) is 0 Å². The van der Waals surface area contributed by atoms with Gasteiger partial charge in [0.1, 0.15) is 0 Å². The number of nitrogens with zero attached hydrogens (tertiary/aromatic N) is 1. The third kappa shape index (κ3) is 6.29. The molecular weight excluding hydrogens is 270 g/mol. The van der Waals surface area contributed by atoms with Gasteiger partial charge in [0.2, 0.25) is 0 Å². The van der Waals surface area contributed by atoms with Gasteiger partial charge in [-0.15, -0.1) is 0 Å². The maximum absolute atomic E-state index is 9.26. The molecule has 4 unspecified atom stereocenters. The Kier molecular flexibility index (Phi) is 8.31. The summed E-state index contributed by atoms with van der Waals surface area (Å²) in [4.78, 5) is 0. The fraction of sp³-hybridized carbons (Fsp3) is 0.950. The Hall–Kier alpha value is -0.550.